The number of pyridine rings is 2. The largest absolute Gasteiger partial charge is 0.364 e. The molecule has 0 atom stereocenters. The molecule has 0 amide bonds. The number of anilines is 2. The minimum absolute atomic E-state index is 0.721. The third kappa shape index (κ3) is 1.21. The molecule has 5 heteroatoms. The number of fused-ring (bicyclic) bond motifs is 2. The molecular formula is C13H11N5. The molecule has 4 heterocycles. The Balaban J connectivity index is 2.01. The first-order chi connectivity index (χ1) is 8.93. The molecule has 0 saturated heterocycles. The molecule has 0 bridgehead atoms. The van der Waals surface area contributed by atoms with E-state index in [-0.39, 0.29) is 0 Å². The van der Waals surface area contributed by atoms with Crippen LogP contribution in [-0.4, -0.2) is 21.3 Å². The highest BCUT2D eigenvalue weighted by molar-refractivity contribution is 5.92. The normalized spacial score (nSPS) is 13.1. The predicted molar refractivity (Wildman–Crippen MR) is 70.5 cm³/mol. The van der Waals surface area contributed by atoms with E-state index in [2.05, 4.69) is 26.8 Å². The standard InChI is InChI=1S/C13H11N5/c1-2-6-18-11(3-1)10(7-17-18)9-4-5-14-13-12(9)15-8-16-13/h1-7,15H,8H2,(H,14,16). The Labute approximate surface area is 103 Å². The maximum Gasteiger partial charge on any atom is 0.151 e. The van der Waals surface area contributed by atoms with Gasteiger partial charge in [0.05, 0.1) is 24.1 Å². The highest BCUT2D eigenvalue weighted by atomic mass is 15.2. The smallest absolute Gasteiger partial charge is 0.151 e. The van der Waals surface area contributed by atoms with Crippen LogP contribution < -0.4 is 10.6 Å². The summed E-state index contributed by atoms with van der Waals surface area (Å²) in [6.45, 7) is 0.721. The van der Waals surface area contributed by atoms with Gasteiger partial charge in [-0.05, 0) is 18.2 Å². The minimum atomic E-state index is 0.721. The van der Waals surface area contributed by atoms with Crippen molar-refractivity contribution in [2.75, 3.05) is 17.3 Å². The fraction of sp³-hybridized carbons (Fsp3) is 0.0769. The van der Waals surface area contributed by atoms with Crippen LogP contribution in [0.5, 0.6) is 0 Å². The molecule has 0 radical (unpaired) electrons. The lowest BCUT2D eigenvalue weighted by Crippen LogP contribution is -1.99. The van der Waals surface area contributed by atoms with E-state index < -0.39 is 0 Å². The first-order valence-corrected chi connectivity index (χ1v) is 5.83. The number of nitrogens with zero attached hydrogens (tertiary/aromatic N) is 3. The van der Waals surface area contributed by atoms with Crippen LogP contribution in [0.4, 0.5) is 11.5 Å². The van der Waals surface area contributed by atoms with Gasteiger partial charge in [-0.1, -0.05) is 6.07 Å². The van der Waals surface area contributed by atoms with Gasteiger partial charge in [-0.2, -0.15) is 5.10 Å². The van der Waals surface area contributed by atoms with E-state index in [1.54, 1.807) is 0 Å². The van der Waals surface area contributed by atoms with Crippen LogP contribution >= 0.6 is 0 Å². The van der Waals surface area contributed by atoms with Gasteiger partial charge in [0.1, 0.15) is 0 Å². The number of hydrogen-bond donors (Lipinski definition) is 2. The van der Waals surface area contributed by atoms with Crippen LogP contribution in [0.25, 0.3) is 16.6 Å². The van der Waals surface area contributed by atoms with Gasteiger partial charge < -0.3 is 10.6 Å². The second-order valence-corrected chi connectivity index (χ2v) is 4.20. The lowest BCUT2D eigenvalue weighted by atomic mass is 10.1. The van der Waals surface area contributed by atoms with Crippen LogP contribution in [0, 0.1) is 0 Å². The zero-order valence-corrected chi connectivity index (χ0v) is 9.59. The molecule has 18 heavy (non-hydrogen) atoms. The summed E-state index contributed by atoms with van der Waals surface area (Å²) < 4.78 is 1.88. The second-order valence-electron chi connectivity index (χ2n) is 4.20. The number of aromatic nitrogens is 3. The van der Waals surface area contributed by atoms with Gasteiger partial charge in [-0.25, -0.2) is 9.50 Å². The van der Waals surface area contributed by atoms with Gasteiger partial charge in [0, 0.05) is 23.5 Å². The maximum atomic E-state index is 4.37. The van der Waals surface area contributed by atoms with E-state index in [1.807, 2.05) is 41.3 Å². The Bertz CT molecular complexity index is 731. The van der Waals surface area contributed by atoms with Gasteiger partial charge in [0.15, 0.2) is 5.82 Å². The third-order valence-corrected chi connectivity index (χ3v) is 3.19. The van der Waals surface area contributed by atoms with E-state index in [4.69, 9.17) is 0 Å². The highest BCUT2D eigenvalue weighted by Crippen LogP contribution is 2.36. The van der Waals surface area contributed by atoms with Crippen molar-refractivity contribution in [1.29, 1.82) is 0 Å². The first-order valence-electron chi connectivity index (χ1n) is 5.83. The molecular weight excluding hydrogens is 226 g/mol. The fourth-order valence-corrected chi connectivity index (χ4v) is 2.36. The van der Waals surface area contributed by atoms with Crippen LogP contribution in [0.1, 0.15) is 0 Å². The molecule has 0 fully saturated rings. The second kappa shape index (κ2) is 3.46. The van der Waals surface area contributed by atoms with Gasteiger partial charge in [-0.15, -0.1) is 0 Å². The van der Waals surface area contributed by atoms with E-state index in [9.17, 15) is 0 Å². The first kappa shape index (κ1) is 9.47. The molecule has 0 aliphatic carbocycles. The Morgan fingerprint density at radius 1 is 1.11 bits per heavy atom. The average Bonchev–Trinajstić information content (AvgIpc) is 3.05. The number of nitrogens with one attached hydrogen (secondary N) is 2. The van der Waals surface area contributed by atoms with Crippen LogP contribution in [0.15, 0.2) is 42.9 Å². The summed E-state index contributed by atoms with van der Waals surface area (Å²) in [5.74, 6) is 0.905. The molecule has 3 aromatic rings. The quantitative estimate of drug-likeness (QED) is 0.681. The van der Waals surface area contributed by atoms with Crippen molar-refractivity contribution in [2.24, 2.45) is 0 Å². The van der Waals surface area contributed by atoms with Crippen LogP contribution in [0.3, 0.4) is 0 Å². The molecule has 0 spiro atoms. The fourth-order valence-electron chi connectivity index (χ4n) is 2.36. The van der Waals surface area contributed by atoms with Crippen molar-refractivity contribution in [3.05, 3.63) is 42.9 Å². The summed E-state index contributed by atoms with van der Waals surface area (Å²) in [5, 5.41) is 10.9. The number of rotatable bonds is 1. The molecule has 4 rings (SSSR count). The zero-order valence-electron chi connectivity index (χ0n) is 9.59. The van der Waals surface area contributed by atoms with Crippen molar-refractivity contribution in [3.63, 3.8) is 0 Å². The van der Waals surface area contributed by atoms with Gasteiger partial charge in [0.25, 0.3) is 0 Å². The molecule has 5 nitrogen and oxygen atoms in total. The topological polar surface area (TPSA) is 54.2 Å². The maximum absolute atomic E-state index is 4.37. The summed E-state index contributed by atoms with van der Waals surface area (Å²) in [6.07, 6.45) is 5.66. The SMILES string of the molecule is c1ccn2ncc(-c3ccnc4c3NCN4)c2c1. The van der Waals surface area contributed by atoms with E-state index in [0.717, 1.165) is 34.8 Å². The van der Waals surface area contributed by atoms with Crippen molar-refractivity contribution in [1.82, 2.24) is 14.6 Å². The Hall–Kier alpha value is -2.56. The Morgan fingerprint density at radius 3 is 3.11 bits per heavy atom. The monoisotopic (exact) mass is 237 g/mol. The van der Waals surface area contributed by atoms with Gasteiger partial charge >= 0.3 is 0 Å². The molecule has 0 aromatic carbocycles. The molecule has 1 aliphatic rings. The Kier molecular flexibility index (Phi) is 1.82. The van der Waals surface area contributed by atoms with E-state index in [1.165, 1.54) is 0 Å². The molecule has 1 aliphatic heterocycles. The number of hydrogen-bond acceptors (Lipinski definition) is 4. The van der Waals surface area contributed by atoms with Crippen molar-refractivity contribution >= 4 is 17.0 Å². The molecule has 88 valence electrons. The lowest BCUT2D eigenvalue weighted by molar-refractivity contribution is 0.961. The van der Waals surface area contributed by atoms with E-state index >= 15 is 0 Å². The summed E-state index contributed by atoms with van der Waals surface area (Å²) >= 11 is 0. The zero-order chi connectivity index (χ0) is 11.9. The molecule has 0 saturated carbocycles. The summed E-state index contributed by atoms with van der Waals surface area (Å²) in [6, 6.07) is 8.08. The molecule has 2 N–H and O–H groups in total. The van der Waals surface area contributed by atoms with Crippen molar-refractivity contribution < 1.29 is 0 Å². The summed E-state index contributed by atoms with van der Waals surface area (Å²) in [4.78, 5) is 4.31. The van der Waals surface area contributed by atoms with Gasteiger partial charge in [0.2, 0.25) is 0 Å². The third-order valence-electron chi connectivity index (χ3n) is 3.19. The van der Waals surface area contributed by atoms with E-state index in [0.29, 0.717) is 0 Å². The molecule has 3 aromatic heterocycles. The van der Waals surface area contributed by atoms with Crippen molar-refractivity contribution in [3.8, 4) is 11.1 Å². The predicted octanol–water partition coefficient (Wildman–Crippen LogP) is 2.19. The summed E-state index contributed by atoms with van der Waals surface area (Å²) in [5.41, 5.74) is 4.40. The van der Waals surface area contributed by atoms with Crippen LogP contribution in [0.2, 0.25) is 0 Å². The Morgan fingerprint density at radius 2 is 2.11 bits per heavy atom. The van der Waals surface area contributed by atoms with Crippen molar-refractivity contribution in [2.45, 2.75) is 0 Å². The summed E-state index contributed by atoms with van der Waals surface area (Å²) in [7, 11) is 0. The minimum Gasteiger partial charge on any atom is -0.364 e. The van der Waals surface area contributed by atoms with Crippen LogP contribution in [-0.2, 0) is 0 Å². The average molecular weight is 237 g/mol. The van der Waals surface area contributed by atoms with Gasteiger partial charge in [-0.3, -0.25) is 0 Å². The molecule has 0 unspecified atom stereocenters. The highest BCUT2D eigenvalue weighted by Gasteiger charge is 2.17. The lowest BCUT2D eigenvalue weighted by Gasteiger charge is -2.05.